The van der Waals surface area contributed by atoms with Crippen molar-refractivity contribution in [1.82, 2.24) is 0 Å². The Morgan fingerprint density at radius 1 is 1.21 bits per heavy atom. The fourth-order valence-corrected chi connectivity index (χ4v) is 3.90. The van der Waals surface area contributed by atoms with Gasteiger partial charge in [0.25, 0.3) is 0 Å². The molecular weight excluding hydrogens is 308 g/mol. The summed E-state index contributed by atoms with van der Waals surface area (Å²) < 4.78 is 14.9. The molecule has 2 bridgehead atoms. The summed E-state index contributed by atoms with van der Waals surface area (Å²) >= 11 is 0. The summed E-state index contributed by atoms with van der Waals surface area (Å²) in [6.07, 6.45) is 6.14. The van der Waals surface area contributed by atoms with Gasteiger partial charge in [0, 0.05) is 17.6 Å². The molecule has 0 amide bonds. The molecule has 134 valence electrons. The van der Waals surface area contributed by atoms with Crippen LogP contribution in [-0.2, 0) is 23.8 Å². The first kappa shape index (κ1) is 18.7. The fraction of sp³-hybridized carbons (Fsp3) is 0.684. The summed E-state index contributed by atoms with van der Waals surface area (Å²) in [5.41, 5.74) is 0.468. The summed E-state index contributed by atoms with van der Waals surface area (Å²) in [7, 11) is 0. The second-order valence-corrected chi connectivity index (χ2v) is 7.53. The summed E-state index contributed by atoms with van der Waals surface area (Å²) in [6.45, 7) is 14.7. The van der Waals surface area contributed by atoms with Crippen molar-refractivity contribution in [3.63, 3.8) is 0 Å². The minimum absolute atomic E-state index is 0.0942. The molecule has 1 aliphatic heterocycles. The molecule has 1 unspecified atom stereocenters. The topological polar surface area (TPSA) is 65.1 Å². The lowest BCUT2D eigenvalue weighted by atomic mass is 9.70. The second kappa shape index (κ2) is 7.09. The molecule has 0 N–H and O–H groups in total. The van der Waals surface area contributed by atoms with Gasteiger partial charge in [0.15, 0.2) is 0 Å². The minimum atomic E-state index is -0.384. The Kier molecular flexibility index (Phi) is 5.53. The first-order chi connectivity index (χ1) is 11.2. The maximum Gasteiger partial charge on any atom is 0.330 e. The molecule has 5 heteroatoms. The van der Waals surface area contributed by atoms with E-state index >= 15 is 0 Å². The highest BCUT2D eigenvalue weighted by Crippen LogP contribution is 2.66. The lowest BCUT2D eigenvalue weighted by Gasteiger charge is -2.38. The molecule has 3 rings (SSSR count). The molecule has 1 heterocycles. The molecular formula is C19H28O5. The van der Waals surface area contributed by atoms with Crippen LogP contribution in [0.1, 0.15) is 40.0 Å². The average Bonchev–Trinajstić information content (AvgIpc) is 3.33. The van der Waals surface area contributed by atoms with Gasteiger partial charge in [-0.3, -0.25) is 0 Å². The van der Waals surface area contributed by atoms with Crippen molar-refractivity contribution in [2.75, 3.05) is 13.2 Å². The van der Waals surface area contributed by atoms with E-state index in [1.54, 1.807) is 0 Å². The molecule has 0 aromatic carbocycles. The number of carbonyl (C=O) groups is 2. The van der Waals surface area contributed by atoms with Crippen LogP contribution in [0.3, 0.4) is 0 Å². The molecule has 0 aromatic heterocycles. The Morgan fingerprint density at radius 2 is 1.83 bits per heavy atom. The molecule has 24 heavy (non-hydrogen) atoms. The van der Waals surface area contributed by atoms with E-state index in [0.29, 0.717) is 24.5 Å². The highest BCUT2D eigenvalue weighted by molar-refractivity contribution is 5.81. The van der Waals surface area contributed by atoms with E-state index < -0.39 is 0 Å². The van der Waals surface area contributed by atoms with Crippen molar-refractivity contribution in [1.29, 1.82) is 0 Å². The third kappa shape index (κ3) is 3.72. The largest absolute Gasteiger partial charge is 0.460 e. The van der Waals surface area contributed by atoms with E-state index in [-0.39, 0.29) is 29.6 Å². The van der Waals surface area contributed by atoms with E-state index in [4.69, 9.17) is 9.47 Å². The number of esters is 2. The van der Waals surface area contributed by atoms with Crippen LogP contribution in [0.25, 0.3) is 0 Å². The van der Waals surface area contributed by atoms with Gasteiger partial charge in [0.2, 0.25) is 0 Å². The lowest BCUT2D eigenvalue weighted by Crippen LogP contribution is -2.38. The van der Waals surface area contributed by atoms with Crippen molar-refractivity contribution in [3.8, 4) is 0 Å². The molecule has 0 radical (unpaired) electrons. The van der Waals surface area contributed by atoms with E-state index in [0.717, 1.165) is 12.5 Å². The smallest absolute Gasteiger partial charge is 0.330 e. The van der Waals surface area contributed by atoms with Gasteiger partial charge < -0.3 is 14.2 Å². The van der Waals surface area contributed by atoms with E-state index in [1.807, 2.05) is 0 Å². The number of fused-ring (bicyclic) bond motifs is 2. The van der Waals surface area contributed by atoms with E-state index in [9.17, 15) is 9.59 Å². The molecule has 0 aromatic rings. The van der Waals surface area contributed by atoms with Gasteiger partial charge in [0.1, 0.15) is 18.8 Å². The number of rotatable bonds is 5. The molecule has 3 fully saturated rings. The van der Waals surface area contributed by atoms with Crippen LogP contribution in [0.2, 0.25) is 0 Å². The van der Waals surface area contributed by atoms with Crippen LogP contribution in [-0.4, -0.2) is 37.4 Å². The molecule has 4 atom stereocenters. The quantitative estimate of drug-likeness (QED) is 0.439. The van der Waals surface area contributed by atoms with Crippen molar-refractivity contribution >= 4 is 11.9 Å². The molecule has 5 nitrogen and oxygen atoms in total. The zero-order valence-corrected chi connectivity index (χ0v) is 14.9. The first-order valence-electron chi connectivity index (χ1n) is 8.48. The molecule has 2 saturated carbocycles. The van der Waals surface area contributed by atoms with Crippen LogP contribution in [0.4, 0.5) is 0 Å². The fourth-order valence-electron chi connectivity index (χ4n) is 3.90. The van der Waals surface area contributed by atoms with Crippen molar-refractivity contribution < 1.29 is 23.8 Å². The normalized spacial score (nSPS) is 34.5. The average molecular weight is 336 g/mol. The zero-order chi connectivity index (χ0) is 18.0. The van der Waals surface area contributed by atoms with Gasteiger partial charge in [-0.15, -0.1) is 0 Å². The SMILES string of the molecule is C=CC(=O)OCC1CO1.C=CC(=O)O[C@H]1C[C@@H]2CC[C@@]1(C)C2(C)C. The number of ether oxygens (including phenoxy) is 3. The van der Waals surface area contributed by atoms with Crippen LogP contribution < -0.4 is 0 Å². The van der Waals surface area contributed by atoms with Crippen molar-refractivity contribution in [2.24, 2.45) is 16.7 Å². The summed E-state index contributed by atoms with van der Waals surface area (Å²) in [6, 6.07) is 0. The monoisotopic (exact) mass is 336 g/mol. The van der Waals surface area contributed by atoms with Crippen LogP contribution in [0.5, 0.6) is 0 Å². The van der Waals surface area contributed by atoms with E-state index in [1.165, 1.54) is 18.9 Å². The van der Waals surface area contributed by atoms with Crippen LogP contribution in [0.15, 0.2) is 25.3 Å². The number of carbonyl (C=O) groups excluding carboxylic acids is 2. The first-order valence-corrected chi connectivity index (χ1v) is 8.48. The van der Waals surface area contributed by atoms with Crippen LogP contribution in [0, 0.1) is 16.7 Å². The van der Waals surface area contributed by atoms with Gasteiger partial charge in [-0.2, -0.15) is 0 Å². The Balaban J connectivity index is 0.000000198. The van der Waals surface area contributed by atoms with Gasteiger partial charge in [0.05, 0.1) is 6.61 Å². The highest BCUT2D eigenvalue weighted by Gasteiger charge is 2.62. The van der Waals surface area contributed by atoms with Gasteiger partial charge >= 0.3 is 11.9 Å². The molecule has 0 spiro atoms. The second-order valence-electron chi connectivity index (χ2n) is 7.53. The predicted molar refractivity (Wildman–Crippen MR) is 90.2 cm³/mol. The third-order valence-corrected chi connectivity index (χ3v) is 6.12. The summed E-state index contributed by atoms with van der Waals surface area (Å²) in [5, 5.41) is 0. The van der Waals surface area contributed by atoms with Gasteiger partial charge in [-0.05, 0) is 30.6 Å². The number of epoxide rings is 1. The highest BCUT2D eigenvalue weighted by atomic mass is 16.6. The number of hydrogen-bond acceptors (Lipinski definition) is 5. The minimum Gasteiger partial charge on any atom is -0.460 e. The Labute approximate surface area is 144 Å². The van der Waals surface area contributed by atoms with Crippen molar-refractivity contribution in [3.05, 3.63) is 25.3 Å². The molecule has 1 saturated heterocycles. The predicted octanol–water partition coefficient (Wildman–Crippen LogP) is 3.04. The van der Waals surface area contributed by atoms with Crippen LogP contribution >= 0.6 is 0 Å². The Morgan fingerprint density at radius 3 is 2.25 bits per heavy atom. The van der Waals surface area contributed by atoms with E-state index in [2.05, 4.69) is 38.7 Å². The van der Waals surface area contributed by atoms with Crippen molar-refractivity contribution in [2.45, 2.75) is 52.2 Å². The summed E-state index contributed by atoms with van der Waals surface area (Å²) in [5.74, 6) is 0.0557. The maximum absolute atomic E-state index is 11.3. The Hall–Kier alpha value is -1.62. The maximum atomic E-state index is 11.3. The van der Waals surface area contributed by atoms with Gasteiger partial charge in [-0.1, -0.05) is 33.9 Å². The zero-order valence-electron chi connectivity index (χ0n) is 14.9. The number of hydrogen-bond donors (Lipinski definition) is 0. The summed E-state index contributed by atoms with van der Waals surface area (Å²) in [4.78, 5) is 21.6. The standard InChI is InChI=1S/C13H20O2.C6H8O3/c1-5-11(14)15-10-8-9-6-7-13(10,4)12(9,2)3;1-2-6(7)9-4-5-3-8-5/h5,9-10H,1,6-8H2,2-4H3;2,5H,1,3-4H2/t9-,10-,13+;/m0./s1. The lowest BCUT2D eigenvalue weighted by molar-refractivity contribution is -0.150. The molecule has 3 aliphatic rings. The van der Waals surface area contributed by atoms with Gasteiger partial charge in [-0.25, -0.2) is 9.59 Å². The third-order valence-electron chi connectivity index (χ3n) is 6.12. The molecule has 2 aliphatic carbocycles. The Bertz CT molecular complexity index is 520.